The first-order valence-electron chi connectivity index (χ1n) is 10.2. The van der Waals surface area contributed by atoms with Crippen molar-refractivity contribution in [2.75, 3.05) is 13.1 Å². The van der Waals surface area contributed by atoms with Gasteiger partial charge in [0.15, 0.2) is 0 Å². The summed E-state index contributed by atoms with van der Waals surface area (Å²) in [4.78, 5) is 15.9. The van der Waals surface area contributed by atoms with Gasteiger partial charge < -0.3 is 10.3 Å². The van der Waals surface area contributed by atoms with Gasteiger partial charge in [-0.2, -0.15) is 0 Å². The van der Waals surface area contributed by atoms with Gasteiger partial charge in [-0.15, -0.1) is 17.0 Å². The van der Waals surface area contributed by atoms with Crippen LogP contribution in [0.25, 0.3) is 11.0 Å². The summed E-state index contributed by atoms with van der Waals surface area (Å²) in [5.74, 6) is 1.07. The molecular formula is C22H28BrN5. The molecule has 0 radical (unpaired) electrons. The van der Waals surface area contributed by atoms with E-state index >= 15 is 0 Å². The number of nitrogens with zero attached hydrogens (tertiary/aromatic N) is 3. The first-order chi connectivity index (χ1) is 13.4. The largest absolute Gasteiger partial charge is 0.341 e. The highest BCUT2D eigenvalue weighted by Crippen LogP contribution is 2.36. The van der Waals surface area contributed by atoms with Crippen molar-refractivity contribution >= 4 is 28.0 Å². The van der Waals surface area contributed by atoms with Crippen LogP contribution in [0.2, 0.25) is 0 Å². The van der Waals surface area contributed by atoms with Crippen molar-refractivity contribution < 1.29 is 0 Å². The molecule has 5 rings (SSSR count). The number of H-pyrrole nitrogens is 1. The molecule has 2 N–H and O–H groups in total. The summed E-state index contributed by atoms with van der Waals surface area (Å²) in [6.07, 6.45) is 7.93. The van der Waals surface area contributed by atoms with E-state index in [0.717, 1.165) is 42.9 Å². The Morgan fingerprint density at radius 1 is 1.04 bits per heavy atom. The predicted molar refractivity (Wildman–Crippen MR) is 118 cm³/mol. The van der Waals surface area contributed by atoms with Crippen LogP contribution in [-0.4, -0.2) is 39.0 Å². The summed E-state index contributed by atoms with van der Waals surface area (Å²) >= 11 is 0. The molecule has 5 nitrogen and oxygen atoms in total. The molecular weight excluding hydrogens is 414 g/mol. The van der Waals surface area contributed by atoms with Gasteiger partial charge in [0, 0.05) is 12.2 Å². The molecule has 1 saturated heterocycles. The van der Waals surface area contributed by atoms with E-state index in [-0.39, 0.29) is 17.0 Å². The average Bonchev–Trinajstić information content (AvgIpc) is 3.15. The van der Waals surface area contributed by atoms with Gasteiger partial charge in [0.05, 0.1) is 29.3 Å². The van der Waals surface area contributed by atoms with Crippen LogP contribution in [0.1, 0.15) is 48.8 Å². The zero-order chi connectivity index (χ0) is 18.1. The average molecular weight is 442 g/mol. The van der Waals surface area contributed by atoms with E-state index < -0.39 is 0 Å². The minimum absolute atomic E-state index is 0. The highest BCUT2D eigenvalue weighted by molar-refractivity contribution is 8.93. The number of fused-ring (bicyclic) bond motifs is 2. The quantitative estimate of drug-likeness (QED) is 0.637. The number of hydrogen-bond acceptors (Lipinski definition) is 4. The van der Waals surface area contributed by atoms with Crippen molar-refractivity contribution in [2.45, 2.75) is 50.7 Å². The Morgan fingerprint density at radius 3 is 2.75 bits per heavy atom. The van der Waals surface area contributed by atoms with E-state index in [0.29, 0.717) is 12.1 Å². The number of imidazole rings is 1. The Morgan fingerprint density at radius 2 is 1.89 bits per heavy atom. The zero-order valence-corrected chi connectivity index (χ0v) is 17.8. The van der Waals surface area contributed by atoms with E-state index in [1.807, 2.05) is 6.20 Å². The van der Waals surface area contributed by atoms with Crippen molar-refractivity contribution in [1.82, 2.24) is 25.2 Å². The molecule has 1 fully saturated rings. The molecule has 1 unspecified atom stereocenters. The Bertz CT molecular complexity index is 885. The minimum Gasteiger partial charge on any atom is -0.341 e. The molecule has 6 heteroatoms. The Kier molecular flexibility index (Phi) is 6.09. The molecule has 0 bridgehead atoms. The second-order valence-corrected chi connectivity index (χ2v) is 7.81. The number of nitrogens with one attached hydrogen (secondary N) is 2. The number of hydrogen-bond donors (Lipinski definition) is 2. The lowest BCUT2D eigenvalue weighted by molar-refractivity contribution is 0.0836. The first-order valence-corrected chi connectivity index (χ1v) is 10.2. The lowest BCUT2D eigenvalue weighted by Gasteiger charge is -2.41. The van der Waals surface area contributed by atoms with Gasteiger partial charge in [0.2, 0.25) is 0 Å². The van der Waals surface area contributed by atoms with Crippen LogP contribution < -0.4 is 5.32 Å². The van der Waals surface area contributed by atoms with E-state index in [1.54, 1.807) is 0 Å². The third-order valence-corrected chi connectivity index (χ3v) is 6.11. The summed E-state index contributed by atoms with van der Waals surface area (Å²) in [5.41, 5.74) is 4.90. The summed E-state index contributed by atoms with van der Waals surface area (Å²) < 4.78 is 0. The van der Waals surface area contributed by atoms with E-state index in [9.17, 15) is 0 Å². The summed E-state index contributed by atoms with van der Waals surface area (Å²) in [5, 5.41) is 3.51. The van der Waals surface area contributed by atoms with Gasteiger partial charge >= 0.3 is 0 Å². The molecule has 2 aliphatic rings. The molecule has 0 amide bonds. The molecule has 0 spiro atoms. The smallest absolute Gasteiger partial charge is 0.121 e. The molecule has 148 valence electrons. The number of aromatic nitrogens is 3. The molecule has 2 aromatic heterocycles. The Hall–Kier alpha value is -1.76. The van der Waals surface area contributed by atoms with Crippen LogP contribution in [-0.2, 0) is 13.0 Å². The van der Waals surface area contributed by atoms with Crippen LogP contribution in [0, 0.1) is 0 Å². The van der Waals surface area contributed by atoms with Crippen molar-refractivity contribution in [1.29, 1.82) is 0 Å². The van der Waals surface area contributed by atoms with Crippen LogP contribution in [0.5, 0.6) is 0 Å². The molecule has 1 aliphatic carbocycles. The number of piperidine rings is 1. The number of halogens is 1. The third-order valence-electron chi connectivity index (χ3n) is 6.11. The Labute approximate surface area is 176 Å². The molecule has 3 heterocycles. The van der Waals surface area contributed by atoms with Crippen molar-refractivity contribution in [2.24, 2.45) is 0 Å². The summed E-state index contributed by atoms with van der Waals surface area (Å²) in [6.45, 7) is 3.06. The number of aromatic amines is 1. The van der Waals surface area contributed by atoms with Crippen molar-refractivity contribution in [3.8, 4) is 0 Å². The monoisotopic (exact) mass is 441 g/mol. The van der Waals surface area contributed by atoms with Crippen LogP contribution >= 0.6 is 17.0 Å². The highest BCUT2D eigenvalue weighted by atomic mass is 79.9. The number of para-hydroxylation sites is 2. The van der Waals surface area contributed by atoms with Gasteiger partial charge in [-0.1, -0.05) is 18.2 Å². The fourth-order valence-electron chi connectivity index (χ4n) is 4.79. The number of benzene rings is 1. The topological polar surface area (TPSA) is 56.8 Å². The van der Waals surface area contributed by atoms with E-state index in [4.69, 9.17) is 9.97 Å². The lowest BCUT2D eigenvalue weighted by atomic mass is 9.89. The lowest BCUT2D eigenvalue weighted by Crippen LogP contribution is -2.45. The highest BCUT2D eigenvalue weighted by Gasteiger charge is 2.33. The SMILES string of the molecule is Br.c1cnc2c(c1)CCCC2N(Cc1nc2ccccc2[nH]1)C1CCNCC1. The predicted octanol–water partition coefficient (Wildman–Crippen LogP) is 4.17. The maximum atomic E-state index is 4.86. The second-order valence-electron chi connectivity index (χ2n) is 7.81. The van der Waals surface area contributed by atoms with Gasteiger partial charge in [-0.3, -0.25) is 9.88 Å². The van der Waals surface area contributed by atoms with Gasteiger partial charge in [0.1, 0.15) is 5.82 Å². The normalized spacial score (nSPS) is 20.1. The molecule has 1 aromatic carbocycles. The van der Waals surface area contributed by atoms with Crippen LogP contribution in [0.3, 0.4) is 0 Å². The Balaban J connectivity index is 0.00000192. The molecule has 1 atom stereocenters. The molecule has 1 aliphatic heterocycles. The first kappa shape index (κ1) is 19.6. The van der Waals surface area contributed by atoms with Gasteiger partial charge in [-0.25, -0.2) is 4.98 Å². The summed E-state index contributed by atoms with van der Waals surface area (Å²) in [7, 11) is 0. The number of pyridine rings is 1. The van der Waals surface area contributed by atoms with Crippen molar-refractivity contribution in [3.63, 3.8) is 0 Å². The molecule has 3 aromatic rings. The minimum atomic E-state index is 0. The van der Waals surface area contributed by atoms with Crippen LogP contribution in [0.4, 0.5) is 0 Å². The molecule has 0 saturated carbocycles. The third kappa shape index (κ3) is 3.86. The zero-order valence-electron chi connectivity index (χ0n) is 16.1. The van der Waals surface area contributed by atoms with E-state index in [2.05, 4.69) is 51.6 Å². The standard InChI is InChI=1S/C22H27N5.BrH/c1-2-8-19-18(7-1)25-21(26-19)15-27(17-10-13-23-14-11-17)20-9-3-5-16-6-4-12-24-22(16)20;/h1-2,4,6-8,12,17,20,23H,3,5,9-11,13-15H2,(H,25,26);1H. The summed E-state index contributed by atoms with van der Waals surface area (Å²) in [6, 6.07) is 13.6. The number of rotatable bonds is 4. The van der Waals surface area contributed by atoms with Gasteiger partial charge in [-0.05, 0) is 69.0 Å². The second kappa shape index (κ2) is 8.72. The van der Waals surface area contributed by atoms with Crippen LogP contribution in [0.15, 0.2) is 42.6 Å². The maximum absolute atomic E-state index is 4.86. The fraction of sp³-hybridized carbons (Fsp3) is 0.455. The van der Waals surface area contributed by atoms with Crippen molar-refractivity contribution in [3.05, 3.63) is 59.7 Å². The number of aryl methyl sites for hydroxylation is 1. The fourth-order valence-corrected chi connectivity index (χ4v) is 4.79. The maximum Gasteiger partial charge on any atom is 0.121 e. The van der Waals surface area contributed by atoms with Gasteiger partial charge in [0.25, 0.3) is 0 Å². The molecule has 28 heavy (non-hydrogen) atoms. The van der Waals surface area contributed by atoms with E-state index in [1.165, 1.54) is 36.9 Å².